The molecule has 0 aromatic heterocycles. The predicted octanol–water partition coefficient (Wildman–Crippen LogP) is 2.23. The molecule has 0 atom stereocenters. The monoisotopic (exact) mass is 259 g/mol. The average molecular weight is 259 g/mol. The van der Waals surface area contributed by atoms with Crippen LogP contribution in [0.15, 0.2) is 17.0 Å². The molecule has 90 valence electrons. The lowest BCUT2D eigenvalue weighted by Crippen LogP contribution is -2.08. The molecule has 0 fully saturated rings. The molecular weight excluding hydrogens is 252 g/mol. The fourth-order valence-corrected chi connectivity index (χ4v) is 1.40. The number of ether oxygens (including phenoxy) is 2. The molecule has 0 aliphatic heterocycles. The van der Waals surface area contributed by atoms with Crippen molar-refractivity contribution in [2.45, 2.75) is 11.5 Å². The lowest BCUT2D eigenvalue weighted by Gasteiger charge is -2.10. The first-order valence-electron chi connectivity index (χ1n) is 4.29. The SMILES string of the molecule is COC(=O)c1cc(C#N)cc(OC(F)F)c1S. The van der Waals surface area contributed by atoms with E-state index in [1.165, 1.54) is 6.07 Å². The third-order valence-corrected chi connectivity index (χ3v) is 2.29. The number of carbonyl (C=O) groups is 1. The van der Waals surface area contributed by atoms with Gasteiger partial charge in [0.2, 0.25) is 0 Å². The van der Waals surface area contributed by atoms with Crippen molar-refractivity contribution in [3.8, 4) is 11.8 Å². The molecule has 0 amide bonds. The summed E-state index contributed by atoms with van der Waals surface area (Å²) in [5.41, 5.74) is -0.107. The van der Waals surface area contributed by atoms with Gasteiger partial charge >= 0.3 is 12.6 Å². The Labute approximate surface area is 101 Å². The third-order valence-electron chi connectivity index (χ3n) is 1.83. The van der Waals surface area contributed by atoms with E-state index in [1.807, 2.05) is 0 Å². The molecular formula is C10H7F2NO3S. The van der Waals surface area contributed by atoms with Crippen LogP contribution in [0.25, 0.3) is 0 Å². The van der Waals surface area contributed by atoms with Crippen LogP contribution in [0.1, 0.15) is 15.9 Å². The van der Waals surface area contributed by atoms with Gasteiger partial charge in [0.05, 0.1) is 29.2 Å². The number of nitriles is 1. The van der Waals surface area contributed by atoms with E-state index in [0.717, 1.165) is 13.2 Å². The summed E-state index contributed by atoms with van der Waals surface area (Å²) in [6, 6.07) is 3.98. The van der Waals surface area contributed by atoms with E-state index in [9.17, 15) is 13.6 Å². The molecule has 1 rings (SSSR count). The molecule has 0 aliphatic carbocycles. The second-order valence-corrected chi connectivity index (χ2v) is 3.30. The topological polar surface area (TPSA) is 59.3 Å². The van der Waals surface area contributed by atoms with E-state index in [1.54, 1.807) is 6.07 Å². The Bertz CT molecular complexity index is 485. The van der Waals surface area contributed by atoms with Gasteiger partial charge in [-0.15, -0.1) is 12.6 Å². The normalized spacial score (nSPS) is 9.88. The number of benzene rings is 1. The quantitative estimate of drug-likeness (QED) is 0.668. The number of nitrogens with zero attached hydrogens (tertiary/aromatic N) is 1. The summed E-state index contributed by atoms with van der Waals surface area (Å²) in [5.74, 6) is -1.13. The number of carbonyl (C=O) groups excluding carboxylic acids is 1. The molecule has 0 N–H and O–H groups in total. The molecule has 1 aromatic carbocycles. The van der Waals surface area contributed by atoms with Crippen LogP contribution < -0.4 is 4.74 Å². The molecule has 0 aliphatic rings. The molecule has 0 unspecified atom stereocenters. The lowest BCUT2D eigenvalue weighted by molar-refractivity contribution is -0.0517. The van der Waals surface area contributed by atoms with Crippen LogP contribution in [0, 0.1) is 11.3 Å². The van der Waals surface area contributed by atoms with Crippen LogP contribution in [-0.2, 0) is 4.74 Å². The molecule has 0 heterocycles. The minimum atomic E-state index is -3.07. The van der Waals surface area contributed by atoms with Gasteiger partial charge in [-0.25, -0.2) is 4.79 Å². The molecule has 0 saturated heterocycles. The maximum absolute atomic E-state index is 12.1. The van der Waals surface area contributed by atoms with E-state index in [4.69, 9.17) is 5.26 Å². The van der Waals surface area contributed by atoms with Crippen molar-refractivity contribution >= 4 is 18.6 Å². The van der Waals surface area contributed by atoms with Gasteiger partial charge in [-0.3, -0.25) is 0 Å². The second kappa shape index (κ2) is 5.50. The first-order chi connectivity index (χ1) is 7.99. The smallest absolute Gasteiger partial charge is 0.387 e. The Morgan fingerprint density at radius 3 is 2.65 bits per heavy atom. The van der Waals surface area contributed by atoms with Crippen LogP contribution in [0.5, 0.6) is 5.75 Å². The predicted molar refractivity (Wildman–Crippen MR) is 56.4 cm³/mol. The summed E-state index contributed by atoms with van der Waals surface area (Å²) in [5, 5.41) is 8.70. The Balaban J connectivity index is 3.31. The van der Waals surface area contributed by atoms with Gasteiger partial charge in [-0.2, -0.15) is 14.0 Å². The van der Waals surface area contributed by atoms with Crippen molar-refractivity contribution in [3.05, 3.63) is 23.3 Å². The Morgan fingerprint density at radius 2 is 2.18 bits per heavy atom. The van der Waals surface area contributed by atoms with Crippen molar-refractivity contribution in [2.24, 2.45) is 0 Å². The van der Waals surface area contributed by atoms with Gasteiger partial charge in [0.1, 0.15) is 5.75 Å². The van der Waals surface area contributed by atoms with Gasteiger partial charge in [0, 0.05) is 0 Å². The number of rotatable bonds is 3. The van der Waals surface area contributed by atoms with Crippen molar-refractivity contribution in [1.82, 2.24) is 0 Å². The van der Waals surface area contributed by atoms with Crippen LogP contribution in [-0.4, -0.2) is 19.7 Å². The highest BCUT2D eigenvalue weighted by atomic mass is 32.1. The molecule has 0 saturated carbocycles. The zero-order valence-corrected chi connectivity index (χ0v) is 9.50. The van der Waals surface area contributed by atoms with Gasteiger partial charge < -0.3 is 9.47 Å². The highest BCUT2D eigenvalue weighted by Crippen LogP contribution is 2.30. The van der Waals surface area contributed by atoms with E-state index >= 15 is 0 Å². The summed E-state index contributed by atoms with van der Waals surface area (Å²) in [6.07, 6.45) is 0. The van der Waals surface area contributed by atoms with E-state index < -0.39 is 12.6 Å². The van der Waals surface area contributed by atoms with Crippen molar-refractivity contribution in [2.75, 3.05) is 7.11 Å². The first-order valence-corrected chi connectivity index (χ1v) is 4.74. The lowest BCUT2D eigenvalue weighted by atomic mass is 10.1. The summed E-state index contributed by atoms with van der Waals surface area (Å²) < 4.78 is 32.8. The fourth-order valence-electron chi connectivity index (χ4n) is 1.12. The number of halogens is 2. The minimum absolute atomic E-state index is 0.00106. The van der Waals surface area contributed by atoms with Crippen molar-refractivity contribution in [3.63, 3.8) is 0 Å². The van der Waals surface area contributed by atoms with Crippen molar-refractivity contribution in [1.29, 1.82) is 5.26 Å². The summed E-state index contributed by atoms with van der Waals surface area (Å²) in [7, 11) is 1.13. The van der Waals surface area contributed by atoms with E-state index in [2.05, 4.69) is 22.1 Å². The minimum Gasteiger partial charge on any atom is -0.465 e. The molecule has 0 spiro atoms. The van der Waals surface area contributed by atoms with Gasteiger partial charge in [0.25, 0.3) is 0 Å². The Kier molecular flexibility index (Phi) is 4.29. The Hall–Kier alpha value is -1.81. The number of hydrogen-bond acceptors (Lipinski definition) is 5. The van der Waals surface area contributed by atoms with Crippen molar-refractivity contribution < 1.29 is 23.0 Å². The molecule has 7 heteroatoms. The average Bonchev–Trinajstić information content (AvgIpc) is 2.30. The van der Waals surface area contributed by atoms with Gasteiger partial charge in [0.15, 0.2) is 0 Å². The number of thiol groups is 1. The van der Waals surface area contributed by atoms with Crippen LogP contribution in [0.2, 0.25) is 0 Å². The number of alkyl halides is 2. The van der Waals surface area contributed by atoms with Crippen LogP contribution >= 0.6 is 12.6 Å². The fraction of sp³-hybridized carbons (Fsp3) is 0.200. The molecule has 17 heavy (non-hydrogen) atoms. The second-order valence-electron chi connectivity index (χ2n) is 2.85. The number of hydrogen-bond donors (Lipinski definition) is 1. The maximum atomic E-state index is 12.1. The maximum Gasteiger partial charge on any atom is 0.387 e. The molecule has 4 nitrogen and oxygen atoms in total. The highest BCUT2D eigenvalue weighted by Gasteiger charge is 2.18. The highest BCUT2D eigenvalue weighted by molar-refractivity contribution is 7.80. The molecule has 0 bridgehead atoms. The molecule has 1 aromatic rings. The summed E-state index contributed by atoms with van der Waals surface area (Å²) in [6.45, 7) is -3.07. The largest absolute Gasteiger partial charge is 0.465 e. The first kappa shape index (κ1) is 13.3. The Morgan fingerprint density at radius 1 is 1.53 bits per heavy atom. The zero-order valence-electron chi connectivity index (χ0n) is 8.61. The summed E-state index contributed by atoms with van der Waals surface area (Å²) in [4.78, 5) is 11.2. The van der Waals surface area contributed by atoms with Gasteiger partial charge in [-0.1, -0.05) is 0 Å². The standard InChI is InChI=1S/C10H7F2NO3S/c1-15-9(14)6-2-5(4-13)3-7(8(6)17)16-10(11)12/h2-3,10,17H,1H3. The molecule has 0 radical (unpaired) electrons. The van der Waals surface area contributed by atoms with Crippen LogP contribution in [0.4, 0.5) is 8.78 Å². The third kappa shape index (κ3) is 3.07. The van der Waals surface area contributed by atoms with Gasteiger partial charge in [-0.05, 0) is 12.1 Å². The number of esters is 1. The van der Waals surface area contributed by atoms with Crippen LogP contribution in [0.3, 0.4) is 0 Å². The van der Waals surface area contributed by atoms with E-state index in [-0.39, 0.29) is 21.8 Å². The summed E-state index contributed by atoms with van der Waals surface area (Å²) >= 11 is 3.90. The zero-order chi connectivity index (χ0) is 13.0. The number of methoxy groups -OCH3 is 1. The van der Waals surface area contributed by atoms with E-state index in [0.29, 0.717) is 0 Å².